The zero-order chi connectivity index (χ0) is 12.3. The molecule has 1 aromatic rings. The first-order valence-corrected chi connectivity index (χ1v) is 6.35. The third kappa shape index (κ3) is 3.08. The van der Waals surface area contributed by atoms with E-state index in [1.54, 1.807) is 6.20 Å². The molecule has 2 rings (SSSR count). The number of aromatic nitrogens is 2. The largest absolute Gasteiger partial charge is 0.372 e. The fourth-order valence-corrected chi connectivity index (χ4v) is 2.28. The number of hydrogen-bond donors (Lipinski definition) is 1. The van der Waals surface area contributed by atoms with Crippen LogP contribution < -0.4 is 10.2 Å². The third-order valence-corrected chi connectivity index (χ3v) is 3.54. The van der Waals surface area contributed by atoms with Gasteiger partial charge in [0.15, 0.2) is 0 Å². The Morgan fingerprint density at radius 1 is 1.24 bits per heavy atom. The van der Waals surface area contributed by atoms with Crippen LogP contribution in [0.5, 0.6) is 0 Å². The molecule has 2 heterocycles. The molecule has 0 unspecified atom stereocenters. The number of nitrogens with one attached hydrogen (secondary N) is 1. The van der Waals surface area contributed by atoms with E-state index in [0.29, 0.717) is 5.41 Å². The number of rotatable bonds is 2. The van der Waals surface area contributed by atoms with Gasteiger partial charge in [0.1, 0.15) is 11.6 Å². The maximum Gasteiger partial charge on any atom is 0.149 e. The summed E-state index contributed by atoms with van der Waals surface area (Å²) in [5.41, 5.74) is 0.461. The predicted octanol–water partition coefficient (Wildman–Crippen LogP) is 2.53. The van der Waals surface area contributed by atoms with E-state index in [4.69, 9.17) is 0 Å². The minimum atomic E-state index is 0.461. The van der Waals surface area contributed by atoms with Crippen LogP contribution in [0.25, 0.3) is 0 Å². The molecule has 0 aromatic carbocycles. The fourth-order valence-electron chi connectivity index (χ4n) is 2.28. The summed E-state index contributed by atoms with van der Waals surface area (Å²) < 4.78 is 0. The minimum Gasteiger partial charge on any atom is -0.372 e. The summed E-state index contributed by atoms with van der Waals surface area (Å²) in [7, 11) is 1.87. The van der Waals surface area contributed by atoms with Crippen LogP contribution in [0.4, 0.5) is 11.6 Å². The van der Waals surface area contributed by atoms with E-state index < -0.39 is 0 Å². The lowest BCUT2D eigenvalue weighted by atomic mass is 9.85. The molecule has 0 saturated carbocycles. The summed E-state index contributed by atoms with van der Waals surface area (Å²) in [4.78, 5) is 11.1. The molecule has 0 amide bonds. The Balaban J connectivity index is 2.11. The van der Waals surface area contributed by atoms with Gasteiger partial charge in [0, 0.05) is 20.1 Å². The summed E-state index contributed by atoms with van der Waals surface area (Å²) >= 11 is 0. The molecule has 4 nitrogen and oxygen atoms in total. The monoisotopic (exact) mass is 234 g/mol. The van der Waals surface area contributed by atoms with Crippen molar-refractivity contribution < 1.29 is 0 Å². The van der Waals surface area contributed by atoms with E-state index >= 15 is 0 Å². The molecule has 1 N–H and O–H groups in total. The summed E-state index contributed by atoms with van der Waals surface area (Å²) in [5.74, 6) is 1.83. The zero-order valence-corrected chi connectivity index (χ0v) is 11.0. The average Bonchev–Trinajstić information content (AvgIpc) is 2.50. The van der Waals surface area contributed by atoms with Gasteiger partial charge in [-0.2, -0.15) is 0 Å². The quantitative estimate of drug-likeness (QED) is 0.853. The molecule has 4 heteroatoms. The lowest BCUT2D eigenvalue weighted by Gasteiger charge is -2.24. The van der Waals surface area contributed by atoms with Gasteiger partial charge in [-0.1, -0.05) is 13.8 Å². The second-order valence-electron chi connectivity index (χ2n) is 5.52. The van der Waals surface area contributed by atoms with Crippen LogP contribution in [0.2, 0.25) is 0 Å². The second kappa shape index (κ2) is 4.90. The van der Waals surface area contributed by atoms with Crippen molar-refractivity contribution in [3.63, 3.8) is 0 Å². The Hall–Kier alpha value is -1.32. The van der Waals surface area contributed by atoms with E-state index in [1.807, 2.05) is 13.2 Å². The highest BCUT2D eigenvalue weighted by atomic mass is 15.2. The molecular weight excluding hydrogens is 212 g/mol. The molecule has 0 radical (unpaired) electrons. The molecule has 0 spiro atoms. The number of hydrogen-bond acceptors (Lipinski definition) is 4. The Morgan fingerprint density at radius 3 is 2.82 bits per heavy atom. The van der Waals surface area contributed by atoms with Crippen molar-refractivity contribution in [1.82, 2.24) is 9.97 Å². The lowest BCUT2D eigenvalue weighted by molar-refractivity contribution is 0.325. The van der Waals surface area contributed by atoms with Crippen LogP contribution in [-0.4, -0.2) is 30.1 Å². The molecule has 1 aromatic heterocycles. The fraction of sp³-hybridized carbons (Fsp3) is 0.692. The highest BCUT2D eigenvalue weighted by Gasteiger charge is 2.23. The van der Waals surface area contributed by atoms with Crippen LogP contribution in [0.3, 0.4) is 0 Å². The van der Waals surface area contributed by atoms with Gasteiger partial charge in [-0.3, -0.25) is 4.98 Å². The average molecular weight is 234 g/mol. The van der Waals surface area contributed by atoms with Crippen LogP contribution in [0, 0.1) is 5.41 Å². The summed E-state index contributed by atoms with van der Waals surface area (Å²) in [6, 6.07) is 0. The first-order chi connectivity index (χ1) is 8.11. The third-order valence-electron chi connectivity index (χ3n) is 3.54. The predicted molar refractivity (Wildman–Crippen MR) is 71.4 cm³/mol. The Labute approximate surface area is 103 Å². The molecule has 1 saturated heterocycles. The molecule has 1 aliphatic heterocycles. The Bertz CT molecular complexity index is 375. The molecule has 0 aliphatic carbocycles. The molecule has 0 bridgehead atoms. The summed E-state index contributed by atoms with van der Waals surface area (Å²) in [5, 5.41) is 3.04. The summed E-state index contributed by atoms with van der Waals surface area (Å²) in [6.07, 6.45) is 7.37. The highest BCUT2D eigenvalue weighted by Crippen LogP contribution is 2.31. The normalized spacial score (nSPS) is 19.8. The number of nitrogens with zero attached hydrogens (tertiary/aromatic N) is 3. The first kappa shape index (κ1) is 12.1. The highest BCUT2D eigenvalue weighted by molar-refractivity contribution is 5.43. The van der Waals surface area contributed by atoms with Gasteiger partial charge in [-0.05, 0) is 24.7 Å². The minimum absolute atomic E-state index is 0.461. The van der Waals surface area contributed by atoms with Crippen LogP contribution in [0.1, 0.15) is 33.1 Å². The Kier molecular flexibility index (Phi) is 3.50. The van der Waals surface area contributed by atoms with Gasteiger partial charge in [0.25, 0.3) is 0 Å². The van der Waals surface area contributed by atoms with E-state index in [9.17, 15) is 0 Å². The maximum atomic E-state index is 4.56. The zero-order valence-electron chi connectivity index (χ0n) is 11.0. The smallest absolute Gasteiger partial charge is 0.149 e. The number of anilines is 2. The van der Waals surface area contributed by atoms with E-state index in [1.165, 1.54) is 19.3 Å². The van der Waals surface area contributed by atoms with Crippen LogP contribution >= 0.6 is 0 Å². The maximum absolute atomic E-state index is 4.56. The Morgan fingerprint density at radius 2 is 2.06 bits per heavy atom. The van der Waals surface area contributed by atoms with Crippen molar-refractivity contribution in [2.24, 2.45) is 5.41 Å². The van der Waals surface area contributed by atoms with Gasteiger partial charge in [-0.25, -0.2) is 4.98 Å². The molecular formula is C13H22N4. The standard InChI is InChI=1S/C13H22N4/c1-13(2)5-4-7-17(8-6-13)12-10-15-9-11(14-3)16-12/h9-10H,4-8H2,1-3H3,(H,14,16). The lowest BCUT2D eigenvalue weighted by Crippen LogP contribution is -2.26. The van der Waals surface area contributed by atoms with Gasteiger partial charge in [0.05, 0.1) is 12.4 Å². The van der Waals surface area contributed by atoms with Gasteiger partial charge < -0.3 is 10.2 Å². The van der Waals surface area contributed by atoms with Crippen molar-refractivity contribution in [2.75, 3.05) is 30.4 Å². The van der Waals surface area contributed by atoms with E-state index in [0.717, 1.165) is 24.7 Å². The van der Waals surface area contributed by atoms with Crippen LogP contribution in [-0.2, 0) is 0 Å². The van der Waals surface area contributed by atoms with Gasteiger partial charge in [-0.15, -0.1) is 0 Å². The molecule has 1 aliphatic rings. The van der Waals surface area contributed by atoms with Gasteiger partial charge >= 0.3 is 0 Å². The molecule has 0 atom stereocenters. The van der Waals surface area contributed by atoms with Crippen molar-refractivity contribution in [1.29, 1.82) is 0 Å². The van der Waals surface area contributed by atoms with Crippen LogP contribution in [0.15, 0.2) is 12.4 Å². The first-order valence-electron chi connectivity index (χ1n) is 6.35. The molecule has 17 heavy (non-hydrogen) atoms. The molecule has 94 valence electrons. The van der Waals surface area contributed by atoms with Crippen molar-refractivity contribution >= 4 is 11.6 Å². The SMILES string of the molecule is CNc1cncc(N2CCCC(C)(C)CC2)n1. The van der Waals surface area contributed by atoms with Crippen molar-refractivity contribution in [3.8, 4) is 0 Å². The second-order valence-corrected chi connectivity index (χ2v) is 5.52. The van der Waals surface area contributed by atoms with Crippen molar-refractivity contribution in [3.05, 3.63) is 12.4 Å². The topological polar surface area (TPSA) is 41.1 Å². The van der Waals surface area contributed by atoms with E-state index in [-0.39, 0.29) is 0 Å². The summed E-state index contributed by atoms with van der Waals surface area (Å²) in [6.45, 7) is 6.87. The van der Waals surface area contributed by atoms with Gasteiger partial charge in [0.2, 0.25) is 0 Å². The molecule has 1 fully saturated rings. The van der Waals surface area contributed by atoms with Crippen molar-refractivity contribution in [2.45, 2.75) is 33.1 Å². The van der Waals surface area contributed by atoms with E-state index in [2.05, 4.69) is 34.0 Å².